The lowest BCUT2D eigenvalue weighted by Crippen LogP contribution is -2.11. The zero-order valence-electron chi connectivity index (χ0n) is 12.2. The van der Waals surface area contributed by atoms with Crippen LogP contribution in [0.4, 0.5) is 0 Å². The van der Waals surface area contributed by atoms with Crippen LogP contribution in [0.1, 0.15) is 47.4 Å². The summed E-state index contributed by atoms with van der Waals surface area (Å²) in [7, 11) is 0. The number of hydrogen-bond donors (Lipinski definition) is 0. The van der Waals surface area contributed by atoms with Gasteiger partial charge >= 0.3 is 5.97 Å². The molecule has 5 heteroatoms. The molecule has 1 saturated carbocycles. The number of esters is 1. The molecule has 0 atom stereocenters. The van der Waals surface area contributed by atoms with Gasteiger partial charge in [0.15, 0.2) is 5.82 Å². The van der Waals surface area contributed by atoms with Gasteiger partial charge in [-0.2, -0.15) is 0 Å². The molecule has 0 unspecified atom stereocenters. The second-order valence-electron chi connectivity index (χ2n) is 5.15. The molecule has 2 aromatic rings. The molecule has 21 heavy (non-hydrogen) atoms. The third-order valence-corrected chi connectivity index (χ3v) is 3.40. The number of aryl methyl sites for hydroxylation is 1. The Kier molecular flexibility index (Phi) is 3.64. The summed E-state index contributed by atoms with van der Waals surface area (Å²) >= 11 is 0. The van der Waals surface area contributed by atoms with E-state index in [2.05, 4.69) is 15.0 Å². The van der Waals surface area contributed by atoms with E-state index >= 15 is 0 Å². The number of aromatic nitrogens is 3. The predicted molar refractivity (Wildman–Crippen MR) is 77.9 cm³/mol. The van der Waals surface area contributed by atoms with Gasteiger partial charge in [0.1, 0.15) is 5.69 Å². The molecule has 3 rings (SSSR count). The van der Waals surface area contributed by atoms with Crippen LogP contribution < -0.4 is 0 Å². The summed E-state index contributed by atoms with van der Waals surface area (Å²) in [6, 6.07) is 5.73. The van der Waals surface area contributed by atoms with E-state index in [1.807, 2.05) is 25.1 Å². The van der Waals surface area contributed by atoms with Crippen LogP contribution in [0.5, 0.6) is 0 Å². The Labute approximate surface area is 123 Å². The minimum Gasteiger partial charge on any atom is -0.462 e. The van der Waals surface area contributed by atoms with Crippen LogP contribution in [-0.2, 0) is 4.74 Å². The number of nitrogens with zero attached hydrogens (tertiary/aromatic N) is 3. The highest BCUT2D eigenvalue weighted by molar-refractivity contribution is 5.90. The SMILES string of the molecule is CCOC(=O)c1cnc(-c2cccc(C)n2)nc1C1CC1. The van der Waals surface area contributed by atoms with E-state index in [-0.39, 0.29) is 5.97 Å². The van der Waals surface area contributed by atoms with E-state index in [1.54, 1.807) is 13.1 Å². The van der Waals surface area contributed by atoms with E-state index in [0.29, 0.717) is 23.9 Å². The van der Waals surface area contributed by atoms with Crippen molar-refractivity contribution in [2.45, 2.75) is 32.6 Å². The highest BCUT2D eigenvalue weighted by Gasteiger charge is 2.31. The van der Waals surface area contributed by atoms with Crippen molar-refractivity contribution in [2.75, 3.05) is 6.61 Å². The molecule has 1 fully saturated rings. The minimum absolute atomic E-state index is 0.343. The largest absolute Gasteiger partial charge is 0.462 e. The normalized spacial score (nSPS) is 14.0. The first-order valence-corrected chi connectivity index (χ1v) is 7.17. The molecule has 108 valence electrons. The Bertz CT molecular complexity index is 681. The van der Waals surface area contributed by atoms with Crippen molar-refractivity contribution >= 4 is 5.97 Å². The van der Waals surface area contributed by atoms with E-state index in [0.717, 1.165) is 29.9 Å². The molecular weight excluding hydrogens is 266 g/mol. The standard InChI is InChI=1S/C16H17N3O2/c1-3-21-16(20)12-9-17-15(19-14(12)11-7-8-11)13-6-4-5-10(2)18-13/h4-6,9,11H,3,7-8H2,1-2H3. The van der Waals surface area contributed by atoms with Gasteiger partial charge in [0.05, 0.1) is 17.9 Å². The van der Waals surface area contributed by atoms with Gasteiger partial charge in [-0.3, -0.25) is 0 Å². The van der Waals surface area contributed by atoms with Crippen molar-refractivity contribution in [3.8, 4) is 11.5 Å². The Morgan fingerprint density at radius 1 is 1.33 bits per heavy atom. The molecule has 0 amide bonds. The fourth-order valence-electron chi connectivity index (χ4n) is 2.22. The third-order valence-electron chi connectivity index (χ3n) is 3.40. The maximum atomic E-state index is 12.0. The van der Waals surface area contributed by atoms with E-state index < -0.39 is 0 Å². The molecule has 2 heterocycles. The maximum absolute atomic E-state index is 12.0. The first-order valence-electron chi connectivity index (χ1n) is 7.17. The van der Waals surface area contributed by atoms with Crippen molar-refractivity contribution in [1.82, 2.24) is 15.0 Å². The fourth-order valence-corrected chi connectivity index (χ4v) is 2.22. The van der Waals surface area contributed by atoms with E-state index in [1.165, 1.54) is 0 Å². The van der Waals surface area contributed by atoms with Crippen LogP contribution in [0.3, 0.4) is 0 Å². The molecule has 0 spiro atoms. The molecule has 1 aliphatic carbocycles. The van der Waals surface area contributed by atoms with E-state index in [9.17, 15) is 4.79 Å². The van der Waals surface area contributed by atoms with Crippen molar-refractivity contribution in [3.05, 3.63) is 41.3 Å². The van der Waals surface area contributed by atoms with Crippen LogP contribution in [0.2, 0.25) is 0 Å². The maximum Gasteiger partial charge on any atom is 0.341 e. The molecule has 0 radical (unpaired) electrons. The number of pyridine rings is 1. The summed E-state index contributed by atoms with van der Waals surface area (Å²) in [5, 5.41) is 0. The number of carbonyl (C=O) groups excluding carboxylic acids is 1. The van der Waals surface area contributed by atoms with Gasteiger partial charge in [0, 0.05) is 17.8 Å². The molecular formula is C16H17N3O2. The second kappa shape index (κ2) is 5.60. The highest BCUT2D eigenvalue weighted by atomic mass is 16.5. The first-order chi connectivity index (χ1) is 10.2. The second-order valence-corrected chi connectivity index (χ2v) is 5.15. The van der Waals surface area contributed by atoms with E-state index in [4.69, 9.17) is 4.74 Å². The molecule has 0 aliphatic heterocycles. The summed E-state index contributed by atoms with van der Waals surface area (Å²) in [6.07, 6.45) is 3.69. The lowest BCUT2D eigenvalue weighted by molar-refractivity contribution is 0.0524. The number of ether oxygens (including phenoxy) is 1. The molecule has 0 aromatic carbocycles. The van der Waals surface area contributed by atoms with Gasteiger partial charge < -0.3 is 4.74 Å². The minimum atomic E-state index is -0.344. The van der Waals surface area contributed by atoms with Gasteiger partial charge in [0.25, 0.3) is 0 Å². The van der Waals surface area contributed by atoms with Gasteiger partial charge in [-0.25, -0.2) is 19.7 Å². The van der Waals surface area contributed by atoms with Crippen LogP contribution in [0.25, 0.3) is 11.5 Å². The number of rotatable bonds is 4. The molecule has 2 aromatic heterocycles. The first kappa shape index (κ1) is 13.7. The van der Waals surface area contributed by atoms with Gasteiger partial charge in [-0.15, -0.1) is 0 Å². The quantitative estimate of drug-likeness (QED) is 0.807. The smallest absolute Gasteiger partial charge is 0.341 e. The van der Waals surface area contributed by atoms with Crippen LogP contribution in [0.15, 0.2) is 24.4 Å². The number of carbonyl (C=O) groups is 1. The summed E-state index contributed by atoms with van der Waals surface area (Å²) in [5.74, 6) is 0.563. The monoisotopic (exact) mass is 283 g/mol. The van der Waals surface area contributed by atoms with Crippen molar-refractivity contribution in [1.29, 1.82) is 0 Å². The van der Waals surface area contributed by atoms with Crippen molar-refractivity contribution in [3.63, 3.8) is 0 Å². The van der Waals surface area contributed by atoms with Crippen LogP contribution in [-0.4, -0.2) is 27.5 Å². The molecule has 0 N–H and O–H groups in total. The Morgan fingerprint density at radius 3 is 2.81 bits per heavy atom. The summed E-state index contributed by atoms with van der Waals surface area (Å²) < 4.78 is 5.08. The number of hydrogen-bond acceptors (Lipinski definition) is 5. The zero-order valence-corrected chi connectivity index (χ0v) is 12.2. The van der Waals surface area contributed by atoms with Gasteiger partial charge in [0.2, 0.25) is 0 Å². The van der Waals surface area contributed by atoms with Crippen LogP contribution in [0, 0.1) is 6.92 Å². The average molecular weight is 283 g/mol. The Balaban J connectivity index is 2.01. The highest BCUT2D eigenvalue weighted by Crippen LogP contribution is 2.41. The lowest BCUT2D eigenvalue weighted by Gasteiger charge is -2.09. The summed E-state index contributed by atoms with van der Waals surface area (Å²) in [5.41, 5.74) is 2.92. The predicted octanol–water partition coefficient (Wildman–Crippen LogP) is 2.90. The fraction of sp³-hybridized carbons (Fsp3) is 0.375. The average Bonchev–Trinajstić information content (AvgIpc) is 3.31. The van der Waals surface area contributed by atoms with Gasteiger partial charge in [-0.1, -0.05) is 6.07 Å². The van der Waals surface area contributed by atoms with Crippen molar-refractivity contribution < 1.29 is 9.53 Å². The Hall–Kier alpha value is -2.30. The third kappa shape index (κ3) is 2.91. The van der Waals surface area contributed by atoms with Gasteiger partial charge in [-0.05, 0) is 38.8 Å². The molecule has 1 aliphatic rings. The molecule has 0 saturated heterocycles. The van der Waals surface area contributed by atoms with Crippen molar-refractivity contribution in [2.24, 2.45) is 0 Å². The molecule has 5 nitrogen and oxygen atoms in total. The zero-order chi connectivity index (χ0) is 14.8. The summed E-state index contributed by atoms with van der Waals surface area (Å²) in [4.78, 5) is 25.3. The summed E-state index contributed by atoms with van der Waals surface area (Å²) in [6.45, 7) is 4.07. The lowest BCUT2D eigenvalue weighted by atomic mass is 10.1. The Morgan fingerprint density at radius 2 is 2.14 bits per heavy atom. The topological polar surface area (TPSA) is 65.0 Å². The van der Waals surface area contributed by atoms with Crippen LogP contribution >= 0.6 is 0 Å². The molecule has 0 bridgehead atoms.